The number of piperazine rings is 1. The van der Waals surface area contributed by atoms with Gasteiger partial charge in [0.1, 0.15) is 0 Å². The van der Waals surface area contributed by atoms with Crippen LogP contribution in [0.1, 0.15) is 44.9 Å². The van der Waals surface area contributed by atoms with Gasteiger partial charge >= 0.3 is 0 Å². The molecule has 2 saturated heterocycles. The summed E-state index contributed by atoms with van der Waals surface area (Å²) in [5.74, 6) is -1.54. The van der Waals surface area contributed by atoms with Crippen LogP contribution in [0.25, 0.3) is 0 Å². The van der Waals surface area contributed by atoms with E-state index in [1.54, 1.807) is 0 Å². The van der Waals surface area contributed by atoms with Crippen LogP contribution in [0.3, 0.4) is 0 Å². The van der Waals surface area contributed by atoms with Gasteiger partial charge in [-0.3, -0.25) is 30.5 Å². The van der Waals surface area contributed by atoms with Crippen molar-refractivity contribution < 1.29 is 19.2 Å². The third kappa shape index (κ3) is 5.82. The summed E-state index contributed by atoms with van der Waals surface area (Å²) in [7, 11) is 0. The van der Waals surface area contributed by atoms with E-state index in [2.05, 4.69) is 25.7 Å². The first-order valence-corrected chi connectivity index (χ1v) is 12.0. The molecule has 0 unspecified atom stereocenters. The number of nitrogens with zero attached hydrogens (tertiary/aromatic N) is 5. The second kappa shape index (κ2) is 10.8. The fourth-order valence-electron chi connectivity index (χ4n) is 5.29. The molecule has 1 aromatic heterocycles. The first kappa shape index (κ1) is 23.9. The number of hydrogen-bond donors (Lipinski definition) is 3. The van der Waals surface area contributed by atoms with Crippen LogP contribution in [0.2, 0.25) is 5.28 Å². The molecule has 3 fully saturated rings. The summed E-state index contributed by atoms with van der Waals surface area (Å²) in [5.41, 5.74) is 5.02. The van der Waals surface area contributed by atoms with Crippen LogP contribution < -0.4 is 15.8 Å². The summed E-state index contributed by atoms with van der Waals surface area (Å²) < 4.78 is 15.3. The third-order valence-electron chi connectivity index (χ3n) is 6.99. The largest absolute Gasteiger partial charge is 0.351 e. The number of fused-ring (bicyclic) bond motifs is 1. The average molecular weight is 484 g/mol. The molecule has 1 aromatic rings. The van der Waals surface area contributed by atoms with Gasteiger partial charge in [-0.2, -0.15) is 14.4 Å². The Bertz CT molecular complexity index is 857. The number of aromatic nitrogens is 2. The van der Waals surface area contributed by atoms with Crippen molar-refractivity contribution in [2.75, 3.05) is 43.0 Å². The van der Waals surface area contributed by atoms with E-state index in [-0.39, 0.29) is 29.9 Å². The zero-order chi connectivity index (χ0) is 23.4. The molecule has 10 nitrogen and oxygen atoms in total. The van der Waals surface area contributed by atoms with Gasteiger partial charge in [0.2, 0.25) is 23.4 Å². The molecular weight excluding hydrogens is 453 g/mol. The second-order valence-electron chi connectivity index (χ2n) is 9.18. The summed E-state index contributed by atoms with van der Waals surface area (Å²) in [6.45, 7) is 3.06. The van der Waals surface area contributed by atoms with Crippen LogP contribution in [-0.2, 0) is 9.59 Å². The second-order valence-corrected chi connectivity index (χ2v) is 9.52. The maximum Gasteiger partial charge on any atom is 0.243 e. The van der Waals surface area contributed by atoms with E-state index in [0.29, 0.717) is 36.5 Å². The number of hydroxylamine groups is 2. The average Bonchev–Trinajstić information content (AvgIpc) is 3.50. The predicted molar refractivity (Wildman–Crippen MR) is 120 cm³/mol. The van der Waals surface area contributed by atoms with Gasteiger partial charge in [-0.05, 0) is 43.3 Å². The molecule has 1 saturated carbocycles. The van der Waals surface area contributed by atoms with E-state index in [0.717, 1.165) is 51.6 Å². The van der Waals surface area contributed by atoms with Gasteiger partial charge in [0.15, 0.2) is 11.6 Å². The van der Waals surface area contributed by atoms with Gasteiger partial charge in [-0.1, -0.05) is 25.7 Å². The first-order chi connectivity index (χ1) is 15.9. The number of anilines is 2. The highest BCUT2D eigenvalue weighted by atomic mass is 35.5. The number of carbonyl (C=O) groups is 2. The molecule has 0 radical (unpaired) electrons. The highest BCUT2D eigenvalue weighted by molar-refractivity contribution is 6.28. The van der Waals surface area contributed by atoms with Gasteiger partial charge in [0, 0.05) is 25.7 Å². The van der Waals surface area contributed by atoms with Gasteiger partial charge < -0.3 is 4.90 Å². The lowest BCUT2D eigenvalue weighted by Crippen LogP contribution is -2.50. The molecule has 4 rings (SSSR count). The molecule has 33 heavy (non-hydrogen) atoms. The van der Waals surface area contributed by atoms with Crippen molar-refractivity contribution in [2.24, 2.45) is 11.8 Å². The summed E-state index contributed by atoms with van der Waals surface area (Å²) >= 11 is 6.07. The minimum Gasteiger partial charge on any atom is -0.351 e. The van der Waals surface area contributed by atoms with Crippen molar-refractivity contribution in [3.8, 4) is 0 Å². The monoisotopic (exact) mass is 483 g/mol. The van der Waals surface area contributed by atoms with E-state index < -0.39 is 17.6 Å². The minimum absolute atomic E-state index is 0.114. The number of halogens is 2. The third-order valence-corrected chi connectivity index (χ3v) is 7.16. The molecule has 2 aliphatic heterocycles. The highest BCUT2D eigenvalue weighted by Gasteiger charge is 2.33. The Balaban J connectivity index is 1.42. The molecule has 182 valence electrons. The number of nitrogens with one attached hydrogen (secondary N) is 2. The van der Waals surface area contributed by atoms with Crippen LogP contribution in [0.4, 0.5) is 16.0 Å². The topological polar surface area (TPSA) is 114 Å². The van der Waals surface area contributed by atoms with E-state index >= 15 is 4.39 Å². The zero-order valence-electron chi connectivity index (χ0n) is 18.6. The van der Waals surface area contributed by atoms with Crippen molar-refractivity contribution in [3.05, 3.63) is 11.1 Å². The number of rotatable bonds is 9. The lowest BCUT2D eigenvalue weighted by atomic mass is 9.92. The molecule has 2 amide bonds. The summed E-state index contributed by atoms with van der Waals surface area (Å²) in [6.07, 6.45) is 7.25. The van der Waals surface area contributed by atoms with Gasteiger partial charge in [0.25, 0.3) is 0 Å². The molecule has 3 heterocycles. The summed E-state index contributed by atoms with van der Waals surface area (Å²) in [5, 5.41) is 9.96. The Morgan fingerprint density at radius 2 is 2.03 bits per heavy atom. The fourth-order valence-corrected chi connectivity index (χ4v) is 5.45. The molecule has 12 heteroatoms. The molecule has 0 aromatic carbocycles. The van der Waals surface area contributed by atoms with Crippen LogP contribution in [0.5, 0.6) is 0 Å². The van der Waals surface area contributed by atoms with Crippen LogP contribution in [0.15, 0.2) is 0 Å². The molecule has 3 N–H and O–H groups in total. The van der Waals surface area contributed by atoms with Gasteiger partial charge in [0.05, 0.1) is 12.5 Å². The van der Waals surface area contributed by atoms with Crippen molar-refractivity contribution in [1.29, 1.82) is 0 Å². The number of hydrogen-bond acceptors (Lipinski definition) is 8. The zero-order valence-corrected chi connectivity index (χ0v) is 19.3. The van der Waals surface area contributed by atoms with Crippen molar-refractivity contribution in [3.63, 3.8) is 0 Å². The van der Waals surface area contributed by atoms with Crippen LogP contribution in [0, 0.1) is 17.7 Å². The Labute approximate surface area is 197 Å². The lowest BCUT2D eigenvalue weighted by molar-refractivity contribution is -0.154. The van der Waals surface area contributed by atoms with Crippen LogP contribution in [-0.4, -0.2) is 76.2 Å². The van der Waals surface area contributed by atoms with E-state index in [1.807, 2.05) is 4.90 Å². The minimum atomic E-state index is -0.685. The van der Waals surface area contributed by atoms with E-state index in [9.17, 15) is 14.8 Å². The highest BCUT2D eigenvalue weighted by Crippen LogP contribution is 2.31. The maximum atomic E-state index is 15.3. The van der Waals surface area contributed by atoms with Gasteiger partial charge in [-0.15, -0.1) is 0 Å². The molecule has 3 aliphatic rings. The molecule has 0 spiro atoms. The molecular formula is C21H31ClFN7O3. The quantitative estimate of drug-likeness (QED) is 0.212. The Morgan fingerprint density at radius 3 is 2.79 bits per heavy atom. The van der Waals surface area contributed by atoms with Crippen LogP contribution >= 0.6 is 11.6 Å². The Hall–Kier alpha value is -2.24. The maximum absolute atomic E-state index is 15.3. The number of carbonyl (C=O) groups excluding carboxylic acids is 2. The predicted octanol–water partition coefficient (Wildman–Crippen LogP) is 2.04. The Morgan fingerprint density at radius 1 is 1.24 bits per heavy atom. The SMILES string of the molecule is O=CN(O)C[C@H](CC1CCCC1)C(=O)NNc1nc(Cl)nc(N2CCN3CCC[C@@H]3C2)c1F. The molecule has 1 aliphatic carbocycles. The normalized spacial score (nSPS) is 22.2. The molecule has 0 bridgehead atoms. The van der Waals surface area contributed by atoms with Gasteiger partial charge in [-0.25, -0.2) is 5.06 Å². The smallest absolute Gasteiger partial charge is 0.243 e. The molecule has 2 atom stereocenters. The van der Waals surface area contributed by atoms with Crippen molar-refractivity contribution in [1.82, 2.24) is 25.4 Å². The lowest BCUT2D eigenvalue weighted by Gasteiger charge is -2.38. The van der Waals surface area contributed by atoms with E-state index in [1.165, 1.54) is 0 Å². The number of amides is 2. The fraction of sp³-hybridized carbons (Fsp3) is 0.714. The summed E-state index contributed by atoms with van der Waals surface area (Å²) in [4.78, 5) is 36.0. The summed E-state index contributed by atoms with van der Waals surface area (Å²) in [6, 6.07) is 0.374. The Kier molecular flexibility index (Phi) is 7.82. The van der Waals surface area contributed by atoms with Crippen molar-refractivity contribution in [2.45, 2.75) is 51.0 Å². The van der Waals surface area contributed by atoms with Crippen molar-refractivity contribution >= 4 is 35.6 Å². The number of hydrazine groups is 1. The first-order valence-electron chi connectivity index (χ1n) is 11.6. The van der Waals surface area contributed by atoms with E-state index in [4.69, 9.17) is 11.6 Å². The standard InChI is InChI=1S/C21H31ClFN7O3/c22-21-24-18(17(23)19(25-21)29-9-8-28-7-3-6-16(28)12-29)26-27-20(32)15(11-30(33)13-31)10-14-4-1-2-5-14/h13-16,33H,1-12H2,(H,27,32)(H,24,25,26)/t15-,16+/m0/s1.